The van der Waals surface area contributed by atoms with Crippen LogP contribution in [0.4, 0.5) is 0 Å². The predicted octanol–water partition coefficient (Wildman–Crippen LogP) is 7.21. The van der Waals surface area contributed by atoms with Crippen LogP contribution in [0.25, 0.3) is 16.8 Å². The van der Waals surface area contributed by atoms with Gasteiger partial charge in [0.25, 0.3) is 0 Å². The molecule has 0 fully saturated rings. The van der Waals surface area contributed by atoms with Crippen LogP contribution in [0.15, 0.2) is 108 Å². The maximum atomic E-state index is 4.65. The number of hydrogen-bond donors (Lipinski definition) is 0. The van der Waals surface area contributed by atoms with Crippen LogP contribution in [-0.4, -0.2) is 10.7 Å². The number of allylic oxidation sites excluding steroid dienone is 1. The zero-order valence-electron chi connectivity index (χ0n) is 18.8. The van der Waals surface area contributed by atoms with Crippen molar-refractivity contribution < 1.29 is 20.1 Å². The summed E-state index contributed by atoms with van der Waals surface area (Å²) < 4.78 is 0. The molecule has 3 aromatic carbocycles. The summed E-state index contributed by atoms with van der Waals surface area (Å²) >= 11 is 0. The first-order chi connectivity index (χ1) is 15.7. The summed E-state index contributed by atoms with van der Waals surface area (Å²) in [5.74, 6) is 0.485. The number of nitrogens with zero attached hydrogens (tertiary/aromatic N) is 2. The van der Waals surface area contributed by atoms with E-state index in [0.29, 0.717) is 5.92 Å². The first kappa shape index (κ1) is 24.5. The minimum atomic E-state index is 0. The van der Waals surface area contributed by atoms with E-state index in [-0.39, 0.29) is 20.1 Å². The summed E-state index contributed by atoms with van der Waals surface area (Å²) in [6, 6.07) is 36.8. The zero-order chi connectivity index (χ0) is 22.2. The molecule has 2 heterocycles. The molecule has 1 aromatic heterocycles. The van der Waals surface area contributed by atoms with Crippen LogP contribution in [0.5, 0.6) is 0 Å². The van der Waals surface area contributed by atoms with Gasteiger partial charge in [-0.05, 0) is 47.9 Å². The summed E-state index contributed by atoms with van der Waals surface area (Å²) in [5.41, 5.74) is 8.15. The SMILES string of the molecule is Cc1ccc(C2=CN=C(c3[c-]cccc3)CC2C)cc1.[Ir].[c-]1ccccc1-c1ccccn1. The van der Waals surface area contributed by atoms with Crippen LogP contribution in [-0.2, 0) is 20.1 Å². The second kappa shape index (κ2) is 12.2. The number of aryl methyl sites for hydroxylation is 1. The van der Waals surface area contributed by atoms with Gasteiger partial charge >= 0.3 is 0 Å². The molecule has 3 heteroatoms. The number of benzene rings is 3. The molecule has 0 bridgehead atoms. The van der Waals surface area contributed by atoms with Crippen LogP contribution >= 0.6 is 0 Å². The summed E-state index contributed by atoms with van der Waals surface area (Å²) in [6.07, 6.45) is 4.78. The molecule has 0 aliphatic carbocycles. The van der Waals surface area contributed by atoms with Crippen LogP contribution in [0.3, 0.4) is 0 Å². The normalized spacial score (nSPS) is 14.7. The van der Waals surface area contributed by atoms with E-state index in [1.54, 1.807) is 6.20 Å². The number of aliphatic imine (C=N–C) groups is 1. The van der Waals surface area contributed by atoms with E-state index in [2.05, 4.69) is 66.3 Å². The van der Waals surface area contributed by atoms with E-state index in [1.807, 2.05) is 66.9 Å². The molecule has 167 valence electrons. The molecule has 2 nitrogen and oxygen atoms in total. The Morgan fingerprint density at radius 1 is 0.788 bits per heavy atom. The van der Waals surface area contributed by atoms with E-state index in [0.717, 1.165) is 29.0 Å². The molecule has 5 rings (SSSR count). The van der Waals surface area contributed by atoms with Gasteiger partial charge in [-0.15, -0.1) is 71.8 Å². The number of rotatable bonds is 3. The molecule has 0 saturated carbocycles. The van der Waals surface area contributed by atoms with Gasteiger partial charge in [0, 0.05) is 32.5 Å². The molecule has 33 heavy (non-hydrogen) atoms. The van der Waals surface area contributed by atoms with Crippen molar-refractivity contribution >= 4 is 11.3 Å². The van der Waals surface area contributed by atoms with Crippen LogP contribution in [0.2, 0.25) is 0 Å². The van der Waals surface area contributed by atoms with Crippen molar-refractivity contribution in [3.63, 3.8) is 0 Å². The second-order valence-corrected chi connectivity index (χ2v) is 7.90. The first-order valence-electron chi connectivity index (χ1n) is 10.9. The van der Waals surface area contributed by atoms with E-state index >= 15 is 0 Å². The Bertz CT molecular complexity index is 1150. The Morgan fingerprint density at radius 2 is 1.45 bits per heavy atom. The minimum absolute atomic E-state index is 0. The van der Waals surface area contributed by atoms with Gasteiger partial charge in [-0.2, -0.15) is 0 Å². The molecule has 1 aliphatic rings. The molecule has 1 atom stereocenters. The van der Waals surface area contributed by atoms with Crippen molar-refractivity contribution in [1.29, 1.82) is 0 Å². The van der Waals surface area contributed by atoms with Gasteiger partial charge in [-0.1, -0.05) is 48.9 Å². The Hall–Kier alpha value is -3.13. The molecular formula is C30H26IrN2-2. The van der Waals surface area contributed by atoms with Gasteiger partial charge in [0.05, 0.1) is 0 Å². The maximum Gasteiger partial charge on any atom is 0.0197 e. The summed E-state index contributed by atoms with van der Waals surface area (Å²) in [7, 11) is 0. The van der Waals surface area contributed by atoms with Gasteiger partial charge in [-0.3, -0.25) is 0 Å². The van der Waals surface area contributed by atoms with Crippen LogP contribution in [0.1, 0.15) is 30.0 Å². The van der Waals surface area contributed by atoms with E-state index < -0.39 is 0 Å². The van der Waals surface area contributed by atoms with Crippen molar-refractivity contribution in [2.24, 2.45) is 10.9 Å². The average Bonchev–Trinajstić information content (AvgIpc) is 2.87. The number of aromatic nitrogens is 1. The van der Waals surface area contributed by atoms with Gasteiger partial charge in [0.2, 0.25) is 0 Å². The van der Waals surface area contributed by atoms with Crippen molar-refractivity contribution in [1.82, 2.24) is 4.98 Å². The quantitative estimate of drug-likeness (QED) is 0.226. The third kappa shape index (κ3) is 6.68. The fourth-order valence-corrected chi connectivity index (χ4v) is 3.66. The molecular weight excluding hydrogens is 581 g/mol. The fourth-order valence-electron chi connectivity index (χ4n) is 3.66. The third-order valence-corrected chi connectivity index (χ3v) is 5.44. The minimum Gasteiger partial charge on any atom is -0.309 e. The predicted molar refractivity (Wildman–Crippen MR) is 133 cm³/mol. The fraction of sp³-hybridized carbons (Fsp3) is 0.133. The molecule has 0 amide bonds. The molecule has 0 N–H and O–H groups in total. The Kier molecular flexibility index (Phi) is 9.06. The Morgan fingerprint density at radius 3 is 2.03 bits per heavy atom. The third-order valence-electron chi connectivity index (χ3n) is 5.44. The van der Waals surface area contributed by atoms with Crippen molar-refractivity contribution in [3.05, 3.63) is 132 Å². The molecule has 4 aromatic rings. The standard InChI is InChI=1S/C19H18N.C11H8N.Ir/c1-14-8-10-16(11-9-14)18-13-20-19(12-15(18)2)17-6-4-3-5-7-17;1-2-6-10(7-3-1)11-8-4-5-9-12-11;/h3-6,8-11,13,15H,12H2,1-2H3;1-6,8-9H;/q2*-1;. The molecule has 1 radical (unpaired) electrons. The van der Waals surface area contributed by atoms with E-state index in [1.165, 1.54) is 16.7 Å². The Labute approximate surface area is 210 Å². The number of pyridine rings is 1. The molecule has 0 spiro atoms. The topological polar surface area (TPSA) is 25.2 Å². The summed E-state index contributed by atoms with van der Waals surface area (Å²) in [5, 5.41) is 0. The summed E-state index contributed by atoms with van der Waals surface area (Å²) in [4.78, 5) is 8.87. The van der Waals surface area contributed by atoms with Gasteiger partial charge < -0.3 is 9.98 Å². The molecule has 0 saturated heterocycles. The zero-order valence-corrected chi connectivity index (χ0v) is 21.2. The van der Waals surface area contributed by atoms with Gasteiger partial charge in [0.15, 0.2) is 0 Å². The average molecular weight is 607 g/mol. The summed E-state index contributed by atoms with van der Waals surface area (Å²) in [6.45, 7) is 4.38. The largest absolute Gasteiger partial charge is 0.309 e. The molecule has 1 aliphatic heterocycles. The smallest absolute Gasteiger partial charge is 0.0197 e. The van der Waals surface area contributed by atoms with Crippen LogP contribution in [0, 0.1) is 25.0 Å². The second-order valence-electron chi connectivity index (χ2n) is 7.90. The first-order valence-corrected chi connectivity index (χ1v) is 10.9. The van der Waals surface area contributed by atoms with Crippen molar-refractivity contribution in [2.75, 3.05) is 0 Å². The van der Waals surface area contributed by atoms with E-state index in [9.17, 15) is 0 Å². The van der Waals surface area contributed by atoms with Crippen LogP contribution < -0.4 is 0 Å². The van der Waals surface area contributed by atoms with Gasteiger partial charge in [-0.25, -0.2) is 0 Å². The monoisotopic (exact) mass is 607 g/mol. The molecule has 1 unspecified atom stereocenters. The number of hydrogen-bond acceptors (Lipinski definition) is 2. The van der Waals surface area contributed by atoms with Crippen molar-refractivity contribution in [2.45, 2.75) is 20.3 Å². The van der Waals surface area contributed by atoms with E-state index in [4.69, 9.17) is 0 Å². The Balaban J connectivity index is 0.000000202. The van der Waals surface area contributed by atoms with Gasteiger partial charge in [0.1, 0.15) is 0 Å². The maximum absolute atomic E-state index is 4.65. The van der Waals surface area contributed by atoms with Crippen molar-refractivity contribution in [3.8, 4) is 11.3 Å².